The number of ether oxygens (including phenoxy) is 3. The average Bonchev–Trinajstić information content (AvgIpc) is 3.07. The van der Waals surface area contributed by atoms with Crippen molar-refractivity contribution < 1.29 is 24.1 Å². The number of nitrogens with two attached hydrogens (primary N) is 1. The Labute approximate surface area is 136 Å². The molecule has 24 heavy (non-hydrogen) atoms. The summed E-state index contributed by atoms with van der Waals surface area (Å²) in [6, 6.07) is 0. The molecule has 0 amide bonds. The van der Waals surface area contributed by atoms with Crippen LogP contribution in [0, 0.1) is 0 Å². The van der Waals surface area contributed by atoms with Crippen LogP contribution >= 0.6 is 0 Å². The molecular weight excluding hydrogens is 318 g/mol. The van der Waals surface area contributed by atoms with Crippen LogP contribution in [0.5, 0.6) is 0 Å². The SMILES string of the molecule is CC1(C)O[C@@H]2[C@@H](C(=O)O)O[C@@H](n3cnc4c(N)ncnc43)[C@]2(C)O1. The van der Waals surface area contributed by atoms with Crippen LogP contribution < -0.4 is 5.73 Å². The Bertz CT molecular complexity index is 836. The molecule has 2 aromatic heterocycles. The number of nitrogen functional groups attached to an aromatic ring is 1. The third kappa shape index (κ3) is 1.93. The predicted molar refractivity (Wildman–Crippen MR) is 79.7 cm³/mol. The van der Waals surface area contributed by atoms with E-state index in [1.165, 1.54) is 12.7 Å². The minimum absolute atomic E-state index is 0.233. The molecular formula is C14H17N5O5. The molecule has 0 aliphatic carbocycles. The van der Waals surface area contributed by atoms with Gasteiger partial charge in [0.1, 0.15) is 23.5 Å². The van der Waals surface area contributed by atoms with Crippen molar-refractivity contribution in [2.75, 3.05) is 5.73 Å². The Kier molecular flexibility index (Phi) is 2.93. The van der Waals surface area contributed by atoms with E-state index in [1.807, 2.05) is 0 Å². The summed E-state index contributed by atoms with van der Waals surface area (Å²) in [4.78, 5) is 23.9. The van der Waals surface area contributed by atoms with Gasteiger partial charge in [-0.1, -0.05) is 0 Å². The van der Waals surface area contributed by atoms with Crippen molar-refractivity contribution in [2.24, 2.45) is 0 Å². The molecule has 0 aromatic carbocycles. The van der Waals surface area contributed by atoms with Crippen LogP contribution in [0.4, 0.5) is 5.82 Å². The van der Waals surface area contributed by atoms with Gasteiger partial charge in [0.05, 0.1) is 6.33 Å². The topological polar surface area (TPSA) is 135 Å². The first kappa shape index (κ1) is 15.2. The number of rotatable bonds is 2. The first-order valence-electron chi connectivity index (χ1n) is 7.42. The zero-order chi connectivity index (χ0) is 17.3. The van der Waals surface area contributed by atoms with E-state index in [4.69, 9.17) is 19.9 Å². The van der Waals surface area contributed by atoms with Gasteiger partial charge in [-0.3, -0.25) is 4.57 Å². The lowest BCUT2D eigenvalue weighted by Crippen LogP contribution is -2.43. The second-order valence-corrected chi connectivity index (χ2v) is 6.55. The number of imidazole rings is 1. The van der Waals surface area contributed by atoms with Gasteiger partial charge in [-0.2, -0.15) is 0 Å². The fourth-order valence-corrected chi connectivity index (χ4v) is 3.50. The van der Waals surface area contributed by atoms with Gasteiger partial charge in [-0.25, -0.2) is 19.7 Å². The molecule has 10 nitrogen and oxygen atoms in total. The molecule has 0 saturated carbocycles. The van der Waals surface area contributed by atoms with Crippen LogP contribution in [-0.2, 0) is 19.0 Å². The summed E-state index contributed by atoms with van der Waals surface area (Å²) in [5, 5.41) is 9.49. The van der Waals surface area contributed by atoms with Crippen molar-refractivity contribution >= 4 is 23.0 Å². The Balaban J connectivity index is 1.85. The lowest BCUT2D eigenvalue weighted by atomic mass is 9.96. The third-order valence-corrected chi connectivity index (χ3v) is 4.37. The molecule has 3 N–H and O–H groups in total. The molecule has 4 atom stereocenters. The normalized spacial score (nSPS) is 34.5. The van der Waals surface area contributed by atoms with E-state index in [0.29, 0.717) is 11.2 Å². The van der Waals surface area contributed by atoms with Gasteiger partial charge in [0.25, 0.3) is 0 Å². The number of hydrogen-bond donors (Lipinski definition) is 2. The Morgan fingerprint density at radius 2 is 2.08 bits per heavy atom. The van der Waals surface area contributed by atoms with Crippen molar-refractivity contribution in [2.45, 2.75) is 50.6 Å². The summed E-state index contributed by atoms with van der Waals surface area (Å²) in [6.07, 6.45) is 0.0753. The zero-order valence-corrected chi connectivity index (χ0v) is 13.3. The molecule has 128 valence electrons. The maximum Gasteiger partial charge on any atom is 0.335 e. The number of aromatic nitrogens is 4. The second kappa shape index (κ2) is 4.62. The highest BCUT2D eigenvalue weighted by Gasteiger charge is 2.66. The van der Waals surface area contributed by atoms with Crippen molar-refractivity contribution in [3.63, 3.8) is 0 Å². The Hall–Kier alpha value is -2.30. The molecule has 10 heteroatoms. The van der Waals surface area contributed by atoms with Crippen LogP contribution in [0.2, 0.25) is 0 Å². The largest absolute Gasteiger partial charge is 0.479 e. The van der Waals surface area contributed by atoms with Crippen LogP contribution in [0.3, 0.4) is 0 Å². The smallest absolute Gasteiger partial charge is 0.335 e. The average molecular weight is 335 g/mol. The molecule has 0 bridgehead atoms. The third-order valence-electron chi connectivity index (χ3n) is 4.37. The van der Waals surface area contributed by atoms with Crippen molar-refractivity contribution in [3.8, 4) is 0 Å². The monoisotopic (exact) mass is 335 g/mol. The number of carboxylic acid groups (broad SMARTS) is 1. The quantitative estimate of drug-likeness (QED) is 0.794. The van der Waals surface area contributed by atoms with Gasteiger partial charge < -0.3 is 25.1 Å². The highest BCUT2D eigenvalue weighted by molar-refractivity contribution is 5.81. The number of fused-ring (bicyclic) bond motifs is 2. The van der Waals surface area contributed by atoms with Gasteiger partial charge in [-0.05, 0) is 20.8 Å². The minimum atomic E-state index is -1.17. The van der Waals surface area contributed by atoms with E-state index in [9.17, 15) is 9.90 Å². The van der Waals surface area contributed by atoms with Crippen LogP contribution in [0.1, 0.15) is 27.0 Å². The number of hydrogen-bond acceptors (Lipinski definition) is 8. The highest BCUT2D eigenvalue weighted by Crippen LogP contribution is 2.51. The number of carboxylic acids is 1. The maximum atomic E-state index is 11.6. The van der Waals surface area contributed by atoms with Crippen molar-refractivity contribution in [1.82, 2.24) is 19.5 Å². The summed E-state index contributed by atoms with van der Waals surface area (Å²) >= 11 is 0. The van der Waals surface area contributed by atoms with Gasteiger partial charge in [-0.15, -0.1) is 0 Å². The molecule has 2 aliphatic heterocycles. The molecule has 2 aliphatic rings. The molecule has 2 saturated heterocycles. The molecule has 4 rings (SSSR count). The molecule has 0 unspecified atom stereocenters. The molecule has 4 heterocycles. The molecule has 2 fully saturated rings. The lowest BCUT2D eigenvalue weighted by molar-refractivity contribution is -0.217. The number of aliphatic carboxylic acids is 1. The van der Waals surface area contributed by atoms with E-state index in [-0.39, 0.29) is 5.82 Å². The van der Waals surface area contributed by atoms with Gasteiger partial charge in [0.2, 0.25) is 0 Å². The van der Waals surface area contributed by atoms with E-state index in [2.05, 4.69) is 15.0 Å². The summed E-state index contributed by atoms with van der Waals surface area (Å²) in [5.41, 5.74) is 5.63. The predicted octanol–water partition coefficient (Wildman–Crippen LogP) is 0.301. The summed E-state index contributed by atoms with van der Waals surface area (Å²) in [5.74, 6) is -1.81. The first-order valence-corrected chi connectivity index (χ1v) is 7.42. The summed E-state index contributed by atoms with van der Waals surface area (Å²) < 4.78 is 19.2. The molecule has 0 spiro atoms. The van der Waals surface area contributed by atoms with Crippen molar-refractivity contribution in [3.05, 3.63) is 12.7 Å². The number of nitrogens with zero attached hydrogens (tertiary/aromatic N) is 4. The highest BCUT2D eigenvalue weighted by atomic mass is 16.8. The van der Waals surface area contributed by atoms with Gasteiger partial charge in [0.15, 0.2) is 29.6 Å². The van der Waals surface area contributed by atoms with Gasteiger partial charge >= 0.3 is 5.97 Å². The minimum Gasteiger partial charge on any atom is -0.479 e. The summed E-state index contributed by atoms with van der Waals surface area (Å²) in [7, 11) is 0. The van der Waals surface area contributed by atoms with Crippen molar-refractivity contribution in [1.29, 1.82) is 0 Å². The maximum absolute atomic E-state index is 11.6. The van der Waals surface area contributed by atoms with Crippen LogP contribution in [0.15, 0.2) is 12.7 Å². The van der Waals surface area contributed by atoms with Gasteiger partial charge in [0, 0.05) is 0 Å². The van der Waals surface area contributed by atoms with Crippen LogP contribution in [-0.4, -0.2) is 54.2 Å². The first-order chi connectivity index (χ1) is 11.2. The number of carbonyl (C=O) groups is 1. The van der Waals surface area contributed by atoms with E-state index >= 15 is 0 Å². The van der Waals surface area contributed by atoms with Crippen LogP contribution in [0.25, 0.3) is 11.2 Å². The fraction of sp³-hybridized carbons (Fsp3) is 0.571. The zero-order valence-electron chi connectivity index (χ0n) is 13.3. The summed E-state index contributed by atoms with van der Waals surface area (Å²) in [6.45, 7) is 5.23. The fourth-order valence-electron chi connectivity index (χ4n) is 3.50. The Morgan fingerprint density at radius 1 is 1.33 bits per heavy atom. The number of anilines is 1. The molecule has 2 aromatic rings. The molecule has 0 radical (unpaired) electrons. The Morgan fingerprint density at radius 3 is 2.79 bits per heavy atom. The lowest BCUT2D eigenvalue weighted by Gasteiger charge is -2.30. The second-order valence-electron chi connectivity index (χ2n) is 6.55. The standard InChI is InChI=1S/C14H17N5O5/c1-13(2)23-8-7(11(20)21)22-12(14(8,3)24-13)19-5-18-6-9(15)16-4-17-10(6)19/h4-5,7-8,12H,1-3H3,(H,20,21)(H2,15,16,17)/t7-,8+,12+,14+/m0/s1. The van der Waals surface area contributed by atoms with E-state index in [0.717, 1.165) is 0 Å². The van der Waals surface area contributed by atoms with E-state index in [1.54, 1.807) is 25.3 Å². The van der Waals surface area contributed by atoms with E-state index < -0.39 is 35.8 Å².